The molecular weight excluding hydrogens is 302 g/mol. The molecule has 0 bridgehead atoms. The number of aryl methyl sites for hydroxylation is 1. The van der Waals surface area contributed by atoms with Crippen molar-refractivity contribution in [2.45, 2.75) is 24.9 Å². The van der Waals surface area contributed by atoms with E-state index in [-0.39, 0.29) is 11.8 Å². The standard InChI is InChI=1S/C19H23N3O2/c1-21-12-17(20-13-21)18(23)22-10-14-6-5-9-19(24,16(14)11-22)15-7-3-2-4-8-15/h2-4,7-8,12-14,16,24H,5-6,9-11H2,1H3/t14-,16+,19+/m0/s1. The molecule has 1 saturated carbocycles. The highest BCUT2D eigenvalue weighted by Gasteiger charge is 2.50. The monoisotopic (exact) mass is 325 g/mol. The van der Waals surface area contributed by atoms with Crippen LogP contribution < -0.4 is 0 Å². The molecule has 1 amide bonds. The van der Waals surface area contributed by atoms with Gasteiger partial charge in [-0.15, -0.1) is 0 Å². The largest absolute Gasteiger partial charge is 0.385 e. The van der Waals surface area contributed by atoms with Gasteiger partial charge in [-0.25, -0.2) is 4.98 Å². The first-order valence-corrected chi connectivity index (χ1v) is 8.63. The average molecular weight is 325 g/mol. The van der Waals surface area contributed by atoms with Crippen LogP contribution in [0, 0.1) is 11.8 Å². The van der Waals surface area contributed by atoms with Crippen molar-refractivity contribution in [3.05, 3.63) is 54.1 Å². The molecule has 1 aliphatic heterocycles. The van der Waals surface area contributed by atoms with Gasteiger partial charge >= 0.3 is 0 Å². The van der Waals surface area contributed by atoms with Crippen LogP contribution in [0.25, 0.3) is 0 Å². The van der Waals surface area contributed by atoms with Crippen LogP contribution in [0.15, 0.2) is 42.9 Å². The van der Waals surface area contributed by atoms with E-state index >= 15 is 0 Å². The number of aliphatic hydroxyl groups is 1. The Labute approximate surface area is 141 Å². The van der Waals surface area contributed by atoms with Crippen LogP contribution in [0.1, 0.15) is 35.3 Å². The minimum absolute atomic E-state index is 0.0274. The first-order valence-electron chi connectivity index (χ1n) is 8.63. The smallest absolute Gasteiger partial charge is 0.274 e. The molecule has 5 heteroatoms. The lowest BCUT2D eigenvalue weighted by molar-refractivity contribution is -0.0644. The molecule has 0 spiro atoms. The lowest BCUT2D eigenvalue weighted by atomic mass is 9.67. The first-order chi connectivity index (χ1) is 11.6. The predicted molar refractivity (Wildman–Crippen MR) is 90.3 cm³/mol. The summed E-state index contributed by atoms with van der Waals surface area (Å²) in [6.45, 7) is 1.32. The van der Waals surface area contributed by atoms with E-state index in [1.807, 2.05) is 42.3 Å². The van der Waals surface area contributed by atoms with Gasteiger partial charge < -0.3 is 14.6 Å². The van der Waals surface area contributed by atoms with E-state index in [0.717, 1.165) is 31.4 Å². The maximum absolute atomic E-state index is 12.7. The van der Waals surface area contributed by atoms with Gasteiger partial charge in [-0.3, -0.25) is 4.79 Å². The summed E-state index contributed by atoms with van der Waals surface area (Å²) in [5, 5.41) is 11.4. The third kappa shape index (κ3) is 2.44. The second kappa shape index (κ2) is 5.74. The van der Waals surface area contributed by atoms with Crippen molar-refractivity contribution >= 4 is 5.91 Å². The molecule has 0 unspecified atom stereocenters. The SMILES string of the molecule is Cn1cnc(C(=O)N2C[C@@H]3CCC[C@@](O)(c4ccccc4)[C@@H]3C2)c1. The Balaban J connectivity index is 1.60. The Bertz CT molecular complexity index is 742. The highest BCUT2D eigenvalue weighted by atomic mass is 16.3. The number of amides is 1. The molecular formula is C19H23N3O2. The van der Waals surface area contributed by atoms with Crippen LogP contribution in [0.4, 0.5) is 0 Å². The summed E-state index contributed by atoms with van der Waals surface area (Å²) in [5.41, 5.74) is 0.634. The van der Waals surface area contributed by atoms with Crippen molar-refractivity contribution in [2.24, 2.45) is 18.9 Å². The van der Waals surface area contributed by atoms with E-state index in [1.165, 1.54) is 0 Å². The Kier molecular flexibility index (Phi) is 3.68. The van der Waals surface area contributed by atoms with Gasteiger partial charge in [-0.2, -0.15) is 0 Å². The summed E-state index contributed by atoms with van der Waals surface area (Å²) in [4.78, 5) is 18.8. The first kappa shape index (κ1) is 15.4. The van der Waals surface area contributed by atoms with Gasteiger partial charge in [0.1, 0.15) is 5.69 Å². The number of carbonyl (C=O) groups excluding carboxylic acids is 1. The molecule has 1 aromatic carbocycles. The van der Waals surface area contributed by atoms with Crippen molar-refractivity contribution in [2.75, 3.05) is 13.1 Å². The summed E-state index contributed by atoms with van der Waals surface area (Å²) < 4.78 is 1.79. The van der Waals surface area contributed by atoms with E-state index in [9.17, 15) is 9.90 Å². The van der Waals surface area contributed by atoms with Crippen LogP contribution in [-0.2, 0) is 12.6 Å². The fourth-order valence-electron chi connectivity index (χ4n) is 4.46. The van der Waals surface area contributed by atoms with Crippen molar-refractivity contribution in [1.29, 1.82) is 0 Å². The van der Waals surface area contributed by atoms with E-state index in [2.05, 4.69) is 4.98 Å². The van der Waals surface area contributed by atoms with Crippen LogP contribution in [-0.4, -0.2) is 38.6 Å². The number of imidazole rings is 1. The number of aromatic nitrogens is 2. The van der Waals surface area contributed by atoms with Gasteiger partial charge in [0.2, 0.25) is 0 Å². The Morgan fingerprint density at radius 3 is 2.79 bits per heavy atom. The number of rotatable bonds is 2. The van der Waals surface area contributed by atoms with Gasteiger partial charge in [0.15, 0.2) is 0 Å². The number of nitrogens with zero attached hydrogens (tertiary/aromatic N) is 3. The lowest BCUT2D eigenvalue weighted by Gasteiger charge is -2.41. The molecule has 2 aromatic rings. The minimum atomic E-state index is -0.830. The van der Waals surface area contributed by atoms with E-state index < -0.39 is 5.60 Å². The van der Waals surface area contributed by atoms with E-state index in [1.54, 1.807) is 17.1 Å². The highest BCUT2D eigenvalue weighted by Crippen LogP contribution is 2.48. The Morgan fingerprint density at radius 1 is 1.29 bits per heavy atom. The number of benzene rings is 1. The Hall–Kier alpha value is -2.14. The molecule has 0 radical (unpaired) electrons. The second-order valence-corrected chi connectivity index (χ2v) is 7.18. The third-order valence-electron chi connectivity index (χ3n) is 5.67. The lowest BCUT2D eigenvalue weighted by Crippen LogP contribution is -2.42. The predicted octanol–water partition coefficient (Wildman–Crippen LogP) is 2.18. The number of fused-ring (bicyclic) bond motifs is 1. The van der Waals surface area contributed by atoms with Gasteiger partial charge in [-0.1, -0.05) is 30.3 Å². The molecule has 2 aliphatic rings. The Morgan fingerprint density at radius 2 is 2.08 bits per heavy atom. The summed E-state index contributed by atoms with van der Waals surface area (Å²) >= 11 is 0. The van der Waals surface area contributed by atoms with Crippen LogP contribution >= 0.6 is 0 Å². The summed E-state index contributed by atoms with van der Waals surface area (Å²) in [7, 11) is 1.86. The second-order valence-electron chi connectivity index (χ2n) is 7.18. The number of hydrogen-bond donors (Lipinski definition) is 1. The molecule has 2 fully saturated rings. The zero-order valence-electron chi connectivity index (χ0n) is 13.9. The number of carbonyl (C=O) groups is 1. The molecule has 24 heavy (non-hydrogen) atoms. The highest BCUT2D eigenvalue weighted by molar-refractivity contribution is 5.92. The number of likely N-dealkylation sites (tertiary alicyclic amines) is 1. The molecule has 3 atom stereocenters. The van der Waals surface area contributed by atoms with Crippen molar-refractivity contribution in [3.63, 3.8) is 0 Å². The fourth-order valence-corrected chi connectivity index (χ4v) is 4.46. The maximum atomic E-state index is 12.7. The normalized spacial score (nSPS) is 29.5. The van der Waals surface area contributed by atoms with E-state index in [4.69, 9.17) is 0 Å². The van der Waals surface area contributed by atoms with Crippen LogP contribution in [0.5, 0.6) is 0 Å². The minimum Gasteiger partial charge on any atom is -0.385 e. The van der Waals surface area contributed by atoms with Gasteiger partial charge in [0.25, 0.3) is 5.91 Å². The summed E-state index contributed by atoms with van der Waals surface area (Å²) in [5.74, 6) is 0.429. The average Bonchev–Trinajstić information content (AvgIpc) is 3.22. The molecule has 1 aromatic heterocycles. The van der Waals surface area contributed by atoms with Crippen molar-refractivity contribution < 1.29 is 9.90 Å². The zero-order valence-corrected chi connectivity index (χ0v) is 13.9. The maximum Gasteiger partial charge on any atom is 0.274 e. The van der Waals surface area contributed by atoms with Crippen LogP contribution in [0.2, 0.25) is 0 Å². The summed E-state index contributed by atoms with van der Waals surface area (Å²) in [6.07, 6.45) is 6.25. The van der Waals surface area contributed by atoms with Crippen molar-refractivity contribution in [3.8, 4) is 0 Å². The topological polar surface area (TPSA) is 58.4 Å². The molecule has 126 valence electrons. The zero-order chi connectivity index (χ0) is 16.7. The fraction of sp³-hybridized carbons (Fsp3) is 0.474. The molecule has 1 N–H and O–H groups in total. The van der Waals surface area contributed by atoms with Crippen LogP contribution in [0.3, 0.4) is 0 Å². The molecule has 1 aliphatic carbocycles. The van der Waals surface area contributed by atoms with Gasteiger partial charge in [0, 0.05) is 32.3 Å². The molecule has 2 heterocycles. The third-order valence-corrected chi connectivity index (χ3v) is 5.67. The quantitative estimate of drug-likeness (QED) is 0.921. The summed E-state index contributed by atoms with van der Waals surface area (Å²) in [6, 6.07) is 9.93. The van der Waals surface area contributed by atoms with E-state index in [0.29, 0.717) is 18.2 Å². The van der Waals surface area contributed by atoms with Gasteiger partial charge in [-0.05, 0) is 30.7 Å². The van der Waals surface area contributed by atoms with Crippen molar-refractivity contribution in [1.82, 2.24) is 14.5 Å². The number of hydrogen-bond acceptors (Lipinski definition) is 3. The molecule has 1 saturated heterocycles. The molecule has 5 nitrogen and oxygen atoms in total. The molecule has 4 rings (SSSR count). The van der Waals surface area contributed by atoms with Gasteiger partial charge in [0.05, 0.1) is 11.9 Å².